The Kier molecular flexibility index (Phi) is 7.92. The van der Waals surface area contributed by atoms with Gasteiger partial charge >= 0.3 is 26.4 Å². The first kappa shape index (κ1) is 21.2. The zero-order chi connectivity index (χ0) is 19.0. The van der Waals surface area contributed by atoms with E-state index in [1.165, 1.54) is 0 Å². The van der Waals surface area contributed by atoms with Crippen molar-refractivity contribution in [1.82, 2.24) is 0 Å². The Bertz CT molecular complexity index is 597. The highest BCUT2D eigenvalue weighted by Gasteiger charge is 2.41. The summed E-state index contributed by atoms with van der Waals surface area (Å²) in [5, 5.41) is 1.53. The Labute approximate surface area is 159 Å². The van der Waals surface area contributed by atoms with Gasteiger partial charge in [0.15, 0.2) is 0 Å². The molecule has 1 radical (unpaired) electrons. The molecule has 0 saturated carbocycles. The molecule has 2 aromatic rings. The van der Waals surface area contributed by atoms with Gasteiger partial charge in [-0.1, -0.05) is 60.7 Å². The Morgan fingerprint density at radius 2 is 1.31 bits per heavy atom. The highest BCUT2D eigenvalue weighted by Crippen LogP contribution is 2.11. The van der Waals surface area contributed by atoms with Crippen LogP contribution in [0.25, 0.3) is 0 Å². The molecule has 2 atom stereocenters. The van der Waals surface area contributed by atoms with Gasteiger partial charge in [0.25, 0.3) is 0 Å². The lowest BCUT2D eigenvalue weighted by molar-refractivity contribution is 0.231. The Hall–Kier alpha value is -1.11. The van der Waals surface area contributed by atoms with Crippen LogP contribution in [0.15, 0.2) is 60.7 Å². The lowest BCUT2D eigenvalue weighted by Gasteiger charge is -2.30. The molecule has 0 amide bonds. The summed E-state index contributed by atoms with van der Waals surface area (Å²) in [5.41, 5.74) is 0. The van der Waals surface area contributed by atoms with Gasteiger partial charge in [-0.25, -0.2) is 0 Å². The van der Waals surface area contributed by atoms with Crippen LogP contribution >= 0.6 is 0 Å². The number of hydrogen-bond acceptors (Lipinski definition) is 5. The van der Waals surface area contributed by atoms with Crippen molar-refractivity contribution in [3.8, 4) is 0 Å². The second-order valence-corrected chi connectivity index (χ2v) is 14.0. The molecule has 1 aliphatic rings. The van der Waals surface area contributed by atoms with Crippen molar-refractivity contribution in [2.75, 3.05) is 6.61 Å². The van der Waals surface area contributed by atoms with Crippen LogP contribution in [0.2, 0.25) is 19.1 Å². The van der Waals surface area contributed by atoms with E-state index in [0.717, 1.165) is 35.9 Å². The zero-order valence-corrected chi connectivity index (χ0v) is 18.3. The Morgan fingerprint density at radius 1 is 0.846 bits per heavy atom. The lowest BCUT2D eigenvalue weighted by Crippen LogP contribution is -2.61. The minimum absolute atomic E-state index is 0.763. The maximum absolute atomic E-state index is 10.6. The third kappa shape index (κ3) is 6.56. The molecule has 0 aliphatic carbocycles. The van der Waals surface area contributed by atoms with Crippen molar-refractivity contribution in [3.63, 3.8) is 0 Å². The van der Waals surface area contributed by atoms with Crippen molar-refractivity contribution >= 4 is 36.8 Å². The molecule has 0 spiro atoms. The van der Waals surface area contributed by atoms with Gasteiger partial charge in [-0.2, -0.15) is 0 Å². The molecule has 3 N–H and O–H groups in total. The standard InChI is InChI=1S/C14H18O3Si2.C4H9O2Si/c1-18(15,13-9-5-3-6-10-13)17-19(2,16)14-11-7-4-8-12-14;5-7-4-2-1-3-6-7/h3-12,15-16H,1-2H3;5H,1-4H2. The third-order valence-corrected chi connectivity index (χ3v) is 11.4. The van der Waals surface area contributed by atoms with Crippen LogP contribution in [0.3, 0.4) is 0 Å². The van der Waals surface area contributed by atoms with Crippen LogP contribution in [-0.2, 0) is 8.54 Å². The molecule has 8 heteroatoms. The number of rotatable bonds is 4. The molecule has 141 valence electrons. The lowest BCUT2D eigenvalue weighted by atomic mass is 10.4. The third-order valence-electron chi connectivity index (χ3n) is 4.07. The highest BCUT2D eigenvalue weighted by molar-refractivity contribution is 6.91. The quantitative estimate of drug-likeness (QED) is 0.664. The van der Waals surface area contributed by atoms with Gasteiger partial charge in [-0.15, -0.1) is 0 Å². The van der Waals surface area contributed by atoms with Gasteiger partial charge < -0.3 is 22.9 Å². The summed E-state index contributed by atoms with van der Waals surface area (Å²) in [7, 11) is -7.46. The first-order valence-corrected chi connectivity index (χ1v) is 15.0. The van der Waals surface area contributed by atoms with Crippen LogP contribution in [0, 0.1) is 0 Å². The van der Waals surface area contributed by atoms with Gasteiger partial charge in [0.05, 0.1) is 0 Å². The molecular formula is C18H27O5Si3. The molecule has 5 nitrogen and oxygen atoms in total. The summed E-state index contributed by atoms with van der Waals surface area (Å²) in [6.07, 6.45) is 2.29. The van der Waals surface area contributed by atoms with E-state index in [9.17, 15) is 9.59 Å². The van der Waals surface area contributed by atoms with Gasteiger partial charge in [-0.05, 0) is 42.4 Å². The van der Waals surface area contributed by atoms with E-state index in [1.54, 1.807) is 13.1 Å². The van der Waals surface area contributed by atoms with Gasteiger partial charge in [0, 0.05) is 6.61 Å². The molecular weight excluding hydrogens is 380 g/mol. The molecule has 2 aromatic carbocycles. The molecule has 1 aliphatic heterocycles. The number of benzene rings is 2. The Morgan fingerprint density at radius 3 is 1.62 bits per heavy atom. The van der Waals surface area contributed by atoms with Crippen molar-refractivity contribution in [2.24, 2.45) is 0 Å². The monoisotopic (exact) mass is 407 g/mol. The van der Waals surface area contributed by atoms with E-state index in [4.69, 9.17) is 13.3 Å². The summed E-state index contributed by atoms with van der Waals surface area (Å²) in [5.74, 6) is 0. The molecule has 0 aromatic heterocycles. The SMILES string of the molecule is C[Si](O)(O[Si](C)(O)c1ccccc1)c1ccccc1.O[Si]1CCCCO1. The second-order valence-electron chi connectivity index (χ2n) is 6.50. The number of hydrogen-bond donors (Lipinski definition) is 3. The minimum atomic E-state index is -3.09. The van der Waals surface area contributed by atoms with E-state index in [1.807, 2.05) is 60.7 Å². The largest absolute Gasteiger partial charge is 0.410 e. The smallest absolute Gasteiger partial charge is 0.381 e. The molecule has 26 heavy (non-hydrogen) atoms. The van der Waals surface area contributed by atoms with Gasteiger partial charge in [-0.3, -0.25) is 0 Å². The highest BCUT2D eigenvalue weighted by atomic mass is 28.5. The van der Waals surface area contributed by atoms with Crippen molar-refractivity contribution in [2.45, 2.75) is 32.0 Å². The molecule has 1 saturated heterocycles. The van der Waals surface area contributed by atoms with E-state index >= 15 is 0 Å². The van der Waals surface area contributed by atoms with Crippen LogP contribution in [-0.4, -0.2) is 47.4 Å². The van der Waals surface area contributed by atoms with E-state index in [2.05, 4.69) is 0 Å². The average molecular weight is 408 g/mol. The fourth-order valence-corrected chi connectivity index (χ4v) is 9.38. The molecule has 1 fully saturated rings. The van der Waals surface area contributed by atoms with E-state index < -0.39 is 26.4 Å². The van der Waals surface area contributed by atoms with Crippen LogP contribution in [0.5, 0.6) is 0 Å². The first-order chi connectivity index (χ1) is 12.3. The summed E-state index contributed by atoms with van der Waals surface area (Å²) in [6, 6.07) is 19.5. The normalized spacial score (nSPS) is 19.6. The predicted molar refractivity (Wildman–Crippen MR) is 109 cm³/mol. The average Bonchev–Trinajstić information content (AvgIpc) is 2.64. The summed E-state index contributed by atoms with van der Waals surface area (Å²) in [6.45, 7) is 4.16. The van der Waals surface area contributed by atoms with Crippen LogP contribution in [0.1, 0.15) is 12.8 Å². The summed E-state index contributed by atoms with van der Waals surface area (Å²) >= 11 is 0. The molecule has 1 heterocycles. The van der Waals surface area contributed by atoms with Gasteiger partial charge in [0.2, 0.25) is 0 Å². The maximum atomic E-state index is 10.6. The second kappa shape index (κ2) is 9.72. The van der Waals surface area contributed by atoms with Crippen LogP contribution in [0.4, 0.5) is 0 Å². The van der Waals surface area contributed by atoms with E-state index in [-0.39, 0.29) is 0 Å². The van der Waals surface area contributed by atoms with Crippen LogP contribution < -0.4 is 10.4 Å². The maximum Gasteiger partial charge on any atom is 0.381 e. The fraction of sp³-hybridized carbons (Fsp3) is 0.333. The molecule has 3 rings (SSSR count). The Balaban J connectivity index is 0.000000290. The fourth-order valence-electron chi connectivity index (χ4n) is 2.64. The zero-order valence-electron chi connectivity index (χ0n) is 15.3. The summed E-state index contributed by atoms with van der Waals surface area (Å²) in [4.78, 5) is 29.9. The molecule has 2 unspecified atom stereocenters. The minimum Gasteiger partial charge on any atom is -0.410 e. The van der Waals surface area contributed by atoms with Gasteiger partial charge in [0.1, 0.15) is 0 Å². The predicted octanol–water partition coefficient (Wildman–Crippen LogP) is 1.22. The van der Waals surface area contributed by atoms with E-state index in [0.29, 0.717) is 0 Å². The first-order valence-electron chi connectivity index (χ1n) is 8.75. The molecule has 0 bridgehead atoms. The van der Waals surface area contributed by atoms with Crippen molar-refractivity contribution in [3.05, 3.63) is 60.7 Å². The topological polar surface area (TPSA) is 79.2 Å². The summed E-state index contributed by atoms with van der Waals surface area (Å²) < 4.78 is 10.7. The van der Waals surface area contributed by atoms with Crippen molar-refractivity contribution in [1.29, 1.82) is 0 Å². The van der Waals surface area contributed by atoms with Crippen molar-refractivity contribution < 1.29 is 22.9 Å².